The number of unbranched alkanes of at least 4 members (excludes halogenated alkanes) is 6. The number of amides is 3. The summed E-state index contributed by atoms with van der Waals surface area (Å²) in [5.74, 6) is 0.0680. The van der Waals surface area contributed by atoms with E-state index in [1.54, 1.807) is 4.90 Å². The summed E-state index contributed by atoms with van der Waals surface area (Å²) in [6.45, 7) is 7.66. The van der Waals surface area contributed by atoms with Crippen LogP contribution in [-0.2, 0) is 14.4 Å². The van der Waals surface area contributed by atoms with E-state index in [0.29, 0.717) is 39.0 Å². The molecule has 0 aliphatic carbocycles. The fraction of sp³-hybridized carbons (Fsp3) is 0.679. The van der Waals surface area contributed by atoms with Gasteiger partial charge in [0.15, 0.2) is 0 Å². The summed E-state index contributed by atoms with van der Waals surface area (Å²) in [6.07, 6.45) is 10.1. The molecule has 35 heavy (non-hydrogen) atoms. The Hall–Kier alpha value is -2.57. The molecule has 194 valence electrons. The molecule has 1 spiro atoms. The fourth-order valence-corrected chi connectivity index (χ4v) is 5.38. The van der Waals surface area contributed by atoms with Crippen LogP contribution < -0.4 is 10.2 Å². The molecular formula is C28H44N4O3. The number of piperidine rings is 1. The van der Waals surface area contributed by atoms with Crippen molar-refractivity contribution >= 4 is 23.4 Å². The molecule has 3 amide bonds. The molecule has 7 heteroatoms. The van der Waals surface area contributed by atoms with Crippen molar-refractivity contribution in [3.8, 4) is 0 Å². The Morgan fingerprint density at radius 3 is 2.23 bits per heavy atom. The second kappa shape index (κ2) is 12.9. The molecule has 2 fully saturated rings. The van der Waals surface area contributed by atoms with E-state index in [2.05, 4.69) is 17.1 Å². The molecule has 0 aromatic heterocycles. The van der Waals surface area contributed by atoms with Crippen LogP contribution in [0.3, 0.4) is 0 Å². The smallest absolute Gasteiger partial charge is 0.250 e. The number of nitrogens with one attached hydrogen (secondary N) is 1. The molecule has 1 N–H and O–H groups in total. The second-order valence-corrected chi connectivity index (χ2v) is 10.4. The zero-order valence-corrected chi connectivity index (χ0v) is 21.9. The summed E-state index contributed by atoms with van der Waals surface area (Å²) in [7, 11) is 0. The van der Waals surface area contributed by atoms with Gasteiger partial charge in [-0.15, -0.1) is 0 Å². The largest absolute Gasteiger partial charge is 0.352 e. The Balaban J connectivity index is 1.60. The number of para-hydroxylation sites is 1. The lowest BCUT2D eigenvalue weighted by Gasteiger charge is -2.43. The van der Waals surface area contributed by atoms with Gasteiger partial charge in [0.1, 0.15) is 12.1 Å². The van der Waals surface area contributed by atoms with E-state index in [4.69, 9.17) is 0 Å². The predicted octanol–water partition coefficient (Wildman–Crippen LogP) is 4.32. The maximum atomic E-state index is 13.7. The maximum Gasteiger partial charge on any atom is 0.250 e. The van der Waals surface area contributed by atoms with Crippen LogP contribution in [-0.4, -0.2) is 65.4 Å². The normalized spacial score (nSPS) is 17.5. The van der Waals surface area contributed by atoms with E-state index in [9.17, 15) is 14.4 Å². The number of carbonyl (C=O) groups is 3. The third-order valence-corrected chi connectivity index (χ3v) is 7.30. The van der Waals surface area contributed by atoms with Crippen LogP contribution in [0.15, 0.2) is 30.3 Å². The first-order valence-electron chi connectivity index (χ1n) is 13.6. The number of rotatable bonds is 12. The molecule has 2 heterocycles. The average Bonchev–Trinajstić information content (AvgIpc) is 3.10. The van der Waals surface area contributed by atoms with Gasteiger partial charge < -0.3 is 20.0 Å². The SMILES string of the molecule is CCCCCCCCCC(=O)N1CCC2(CC1)C(=O)N(CC(=O)NC(C)C)CN2c1ccccc1. The van der Waals surface area contributed by atoms with Crippen molar-refractivity contribution in [3.63, 3.8) is 0 Å². The summed E-state index contributed by atoms with van der Waals surface area (Å²) in [4.78, 5) is 44.7. The Labute approximate surface area is 211 Å². The van der Waals surface area contributed by atoms with Crippen molar-refractivity contribution in [3.05, 3.63) is 30.3 Å². The molecular weight excluding hydrogens is 440 g/mol. The highest BCUT2D eigenvalue weighted by Gasteiger charge is 2.54. The van der Waals surface area contributed by atoms with Crippen molar-refractivity contribution in [2.45, 2.75) is 96.6 Å². The summed E-state index contributed by atoms with van der Waals surface area (Å²) >= 11 is 0. The van der Waals surface area contributed by atoms with Crippen molar-refractivity contribution in [1.82, 2.24) is 15.1 Å². The quantitative estimate of drug-likeness (QED) is 0.449. The van der Waals surface area contributed by atoms with Crippen LogP contribution in [0.5, 0.6) is 0 Å². The lowest BCUT2D eigenvalue weighted by atomic mass is 9.85. The van der Waals surface area contributed by atoms with Crippen LogP contribution in [0, 0.1) is 0 Å². The number of carbonyl (C=O) groups excluding carboxylic acids is 3. The molecule has 0 radical (unpaired) electrons. The second-order valence-electron chi connectivity index (χ2n) is 10.4. The molecule has 1 aromatic carbocycles. The summed E-state index contributed by atoms with van der Waals surface area (Å²) in [6, 6.07) is 9.98. The molecule has 0 saturated carbocycles. The first-order chi connectivity index (χ1) is 16.9. The van der Waals surface area contributed by atoms with Gasteiger partial charge in [-0.25, -0.2) is 0 Å². The van der Waals surface area contributed by atoms with E-state index >= 15 is 0 Å². The zero-order chi connectivity index (χ0) is 25.3. The topological polar surface area (TPSA) is 73.0 Å². The summed E-state index contributed by atoms with van der Waals surface area (Å²) in [5, 5.41) is 2.89. The Kier molecular flexibility index (Phi) is 9.99. The molecule has 0 bridgehead atoms. The first-order valence-corrected chi connectivity index (χ1v) is 13.6. The third-order valence-electron chi connectivity index (χ3n) is 7.30. The van der Waals surface area contributed by atoms with Crippen molar-refractivity contribution < 1.29 is 14.4 Å². The molecule has 2 aliphatic heterocycles. The number of hydrogen-bond acceptors (Lipinski definition) is 4. The van der Waals surface area contributed by atoms with E-state index < -0.39 is 5.54 Å². The van der Waals surface area contributed by atoms with Gasteiger partial charge in [0.05, 0.1) is 6.67 Å². The molecule has 7 nitrogen and oxygen atoms in total. The number of hydrogen-bond donors (Lipinski definition) is 1. The number of nitrogens with zero attached hydrogens (tertiary/aromatic N) is 3. The van der Waals surface area contributed by atoms with Gasteiger partial charge in [-0.05, 0) is 45.2 Å². The lowest BCUT2D eigenvalue weighted by Crippen LogP contribution is -2.57. The van der Waals surface area contributed by atoms with Gasteiger partial charge in [0, 0.05) is 31.2 Å². The average molecular weight is 485 g/mol. The minimum absolute atomic E-state index is 0.000521. The molecule has 3 rings (SSSR count). The highest BCUT2D eigenvalue weighted by atomic mass is 16.2. The lowest BCUT2D eigenvalue weighted by molar-refractivity contribution is -0.140. The molecule has 0 atom stereocenters. The van der Waals surface area contributed by atoms with Crippen LogP contribution >= 0.6 is 0 Å². The van der Waals surface area contributed by atoms with E-state index in [0.717, 1.165) is 18.5 Å². The Morgan fingerprint density at radius 2 is 1.60 bits per heavy atom. The molecule has 1 aromatic rings. The van der Waals surface area contributed by atoms with Gasteiger partial charge in [-0.1, -0.05) is 63.6 Å². The minimum Gasteiger partial charge on any atom is -0.352 e. The van der Waals surface area contributed by atoms with Gasteiger partial charge in [-0.2, -0.15) is 0 Å². The van der Waals surface area contributed by atoms with E-state index in [-0.39, 0.29) is 30.3 Å². The van der Waals surface area contributed by atoms with Crippen LogP contribution in [0.2, 0.25) is 0 Å². The van der Waals surface area contributed by atoms with Crippen molar-refractivity contribution in [2.24, 2.45) is 0 Å². The van der Waals surface area contributed by atoms with E-state index in [1.165, 1.54) is 32.1 Å². The molecule has 0 unspecified atom stereocenters. The van der Waals surface area contributed by atoms with Gasteiger partial charge >= 0.3 is 0 Å². The van der Waals surface area contributed by atoms with E-state index in [1.807, 2.05) is 49.1 Å². The first kappa shape index (κ1) is 27.0. The van der Waals surface area contributed by atoms with Crippen LogP contribution in [0.1, 0.15) is 85.0 Å². The standard InChI is InChI=1S/C28H44N4O3/c1-4-5-6-7-8-9-13-16-26(34)30-19-17-28(18-20-30)27(35)31(21-25(33)29-23(2)3)22-32(28)24-14-11-10-12-15-24/h10-12,14-15,23H,4-9,13,16-22H2,1-3H3,(H,29,33). The number of benzene rings is 1. The maximum absolute atomic E-state index is 13.7. The Morgan fingerprint density at radius 1 is 0.971 bits per heavy atom. The third kappa shape index (κ3) is 6.98. The number of anilines is 1. The fourth-order valence-electron chi connectivity index (χ4n) is 5.38. The monoisotopic (exact) mass is 484 g/mol. The van der Waals surface area contributed by atoms with Crippen molar-refractivity contribution in [2.75, 3.05) is 31.2 Å². The highest BCUT2D eigenvalue weighted by Crippen LogP contribution is 2.39. The molecule has 2 aliphatic rings. The highest BCUT2D eigenvalue weighted by molar-refractivity contribution is 5.96. The summed E-state index contributed by atoms with van der Waals surface area (Å²) < 4.78 is 0. The van der Waals surface area contributed by atoms with Crippen LogP contribution in [0.4, 0.5) is 5.69 Å². The van der Waals surface area contributed by atoms with Crippen LogP contribution in [0.25, 0.3) is 0 Å². The van der Waals surface area contributed by atoms with Gasteiger partial charge in [-0.3, -0.25) is 14.4 Å². The van der Waals surface area contributed by atoms with Gasteiger partial charge in [0.2, 0.25) is 11.8 Å². The predicted molar refractivity (Wildman–Crippen MR) is 140 cm³/mol. The summed E-state index contributed by atoms with van der Waals surface area (Å²) in [5.41, 5.74) is 0.283. The molecule has 2 saturated heterocycles. The van der Waals surface area contributed by atoms with Crippen molar-refractivity contribution in [1.29, 1.82) is 0 Å². The Bertz CT molecular complexity index is 834. The van der Waals surface area contributed by atoms with Gasteiger partial charge in [0.25, 0.3) is 5.91 Å². The number of likely N-dealkylation sites (tertiary alicyclic amines) is 1. The zero-order valence-electron chi connectivity index (χ0n) is 21.9. The minimum atomic E-state index is -0.699.